The number of halogens is 1. The summed E-state index contributed by atoms with van der Waals surface area (Å²) < 4.78 is 16.2. The lowest BCUT2D eigenvalue weighted by Crippen LogP contribution is -2.21. The first-order chi connectivity index (χ1) is 8.45. The SMILES string of the molecule is CC(C)(C)S(=O)N=C(CCCCl)c1ccccc1. The summed E-state index contributed by atoms with van der Waals surface area (Å²) in [7, 11) is -1.23. The molecule has 0 spiro atoms. The van der Waals surface area contributed by atoms with Gasteiger partial charge in [0.15, 0.2) is 0 Å². The van der Waals surface area contributed by atoms with Crippen molar-refractivity contribution in [1.82, 2.24) is 0 Å². The van der Waals surface area contributed by atoms with Gasteiger partial charge in [-0.2, -0.15) is 4.40 Å². The maximum Gasteiger partial charge on any atom is 0.145 e. The van der Waals surface area contributed by atoms with Crippen LogP contribution in [-0.2, 0) is 11.0 Å². The fourth-order valence-corrected chi connectivity index (χ4v) is 2.15. The molecule has 0 saturated carbocycles. The fourth-order valence-electron chi connectivity index (χ4n) is 1.34. The van der Waals surface area contributed by atoms with E-state index < -0.39 is 11.0 Å². The van der Waals surface area contributed by atoms with E-state index >= 15 is 0 Å². The third-order valence-electron chi connectivity index (χ3n) is 2.37. The van der Waals surface area contributed by atoms with Crippen LogP contribution in [0.4, 0.5) is 0 Å². The second kappa shape index (κ2) is 7.05. The van der Waals surface area contributed by atoms with Crippen molar-refractivity contribution >= 4 is 28.3 Å². The summed E-state index contributed by atoms with van der Waals surface area (Å²) in [5.74, 6) is 0.591. The smallest absolute Gasteiger partial charge is 0.145 e. The average molecular weight is 286 g/mol. The zero-order chi connectivity index (χ0) is 13.6. The Morgan fingerprint density at radius 3 is 2.39 bits per heavy atom. The molecule has 1 unspecified atom stereocenters. The second-order valence-electron chi connectivity index (χ2n) is 5.06. The molecule has 0 aliphatic heterocycles. The van der Waals surface area contributed by atoms with Crippen LogP contribution in [0.25, 0.3) is 0 Å². The van der Waals surface area contributed by atoms with Crippen molar-refractivity contribution in [1.29, 1.82) is 0 Å². The Balaban J connectivity index is 2.99. The minimum absolute atomic E-state index is 0.332. The van der Waals surface area contributed by atoms with Crippen LogP contribution < -0.4 is 0 Å². The van der Waals surface area contributed by atoms with Crippen molar-refractivity contribution in [3.05, 3.63) is 35.9 Å². The van der Waals surface area contributed by atoms with E-state index in [9.17, 15) is 4.21 Å². The van der Waals surface area contributed by atoms with Gasteiger partial charge in [-0.3, -0.25) is 0 Å². The molecule has 1 aromatic rings. The van der Waals surface area contributed by atoms with Crippen molar-refractivity contribution in [2.45, 2.75) is 38.4 Å². The number of rotatable bonds is 5. The van der Waals surface area contributed by atoms with Crippen molar-refractivity contribution in [3.8, 4) is 0 Å². The van der Waals surface area contributed by atoms with Crippen LogP contribution >= 0.6 is 11.6 Å². The van der Waals surface area contributed by atoms with E-state index in [2.05, 4.69) is 4.40 Å². The summed E-state index contributed by atoms with van der Waals surface area (Å²) in [6.07, 6.45) is 1.60. The van der Waals surface area contributed by atoms with Crippen LogP contribution in [0.15, 0.2) is 34.7 Å². The molecule has 4 heteroatoms. The standard InChI is InChI=1S/C14H20ClNOS/c1-14(2,3)18(17)16-13(10-7-11-15)12-8-5-4-6-9-12/h4-6,8-9H,7,10-11H2,1-3H3. The maximum atomic E-state index is 12.1. The highest BCUT2D eigenvalue weighted by atomic mass is 35.5. The molecule has 0 bridgehead atoms. The topological polar surface area (TPSA) is 29.4 Å². The Morgan fingerprint density at radius 1 is 1.28 bits per heavy atom. The van der Waals surface area contributed by atoms with Crippen LogP contribution in [0.3, 0.4) is 0 Å². The van der Waals surface area contributed by atoms with E-state index in [1.165, 1.54) is 0 Å². The van der Waals surface area contributed by atoms with Gasteiger partial charge in [-0.1, -0.05) is 30.3 Å². The number of hydrogen-bond acceptors (Lipinski definition) is 1. The predicted octanol–water partition coefficient (Wildman–Crippen LogP) is 3.96. The molecular weight excluding hydrogens is 266 g/mol. The highest BCUT2D eigenvalue weighted by Crippen LogP contribution is 2.16. The van der Waals surface area contributed by atoms with Crippen molar-refractivity contribution in [2.24, 2.45) is 4.40 Å². The molecule has 0 aromatic heterocycles. The fraction of sp³-hybridized carbons (Fsp3) is 0.500. The Morgan fingerprint density at radius 2 is 1.89 bits per heavy atom. The highest BCUT2D eigenvalue weighted by molar-refractivity contribution is 7.85. The quantitative estimate of drug-likeness (QED) is 0.595. The maximum absolute atomic E-state index is 12.1. The van der Waals surface area contributed by atoms with E-state index in [0.717, 1.165) is 24.1 Å². The number of hydrogen-bond donors (Lipinski definition) is 0. The van der Waals surface area contributed by atoms with Gasteiger partial charge in [-0.05, 0) is 39.2 Å². The molecular formula is C14H20ClNOS. The number of alkyl halides is 1. The van der Waals surface area contributed by atoms with Crippen molar-refractivity contribution in [2.75, 3.05) is 5.88 Å². The average Bonchev–Trinajstić information content (AvgIpc) is 2.34. The molecule has 0 heterocycles. The second-order valence-corrected chi connectivity index (χ2v) is 7.34. The van der Waals surface area contributed by atoms with Crippen LogP contribution in [0.2, 0.25) is 0 Å². The Bertz CT molecular complexity index is 423. The largest absolute Gasteiger partial charge is 0.234 e. The van der Waals surface area contributed by atoms with Crippen molar-refractivity contribution < 1.29 is 4.21 Å². The molecule has 18 heavy (non-hydrogen) atoms. The van der Waals surface area contributed by atoms with Gasteiger partial charge in [0.2, 0.25) is 0 Å². The summed E-state index contributed by atoms with van der Waals surface area (Å²) in [6.45, 7) is 5.78. The molecule has 0 saturated heterocycles. The van der Waals surface area contributed by atoms with Gasteiger partial charge in [0, 0.05) is 5.88 Å². The molecule has 0 aliphatic rings. The van der Waals surface area contributed by atoms with Gasteiger partial charge in [0.1, 0.15) is 11.0 Å². The number of benzene rings is 1. The van der Waals surface area contributed by atoms with E-state index in [-0.39, 0.29) is 4.75 Å². The Kier molecular flexibility index (Phi) is 6.03. The summed E-state index contributed by atoms with van der Waals surface area (Å²) in [5, 5.41) is 0. The monoisotopic (exact) mass is 285 g/mol. The van der Waals surface area contributed by atoms with Gasteiger partial charge in [-0.15, -0.1) is 11.6 Å². The van der Waals surface area contributed by atoms with Gasteiger partial charge < -0.3 is 0 Å². The minimum Gasteiger partial charge on any atom is -0.234 e. The first kappa shape index (κ1) is 15.4. The predicted molar refractivity (Wildman–Crippen MR) is 80.8 cm³/mol. The Labute approximate surface area is 117 Å². The minimum atomic E-state index is -1.23. The summed E-state index contributed by atoms with van der Waals surface area (Å²) in [6, 6.07) is 9.88. The first-order valence-corrected chi connectivity index (χ1v) is 7.70. The third-order valence-corrected chi connectivity index (χ3v) is 4.07. The molecule has 1 atom stereocenters. The Hall–Kier alpha value is -0.670. The number of nitrogens with zero attached hydrogens (tertiary/aromatic N) is 1. The summed E-state index contributed by atoms with van der Waals surface area (Å²) in [4.78, 5) is 0. The zero-order valence-electron chi connectivity index (χ0n) is 11.1. The van der Waals surface area contributed by atoms with Crippen LogP contribution in [-0.4, -0.2) is 20.5 Å². The third kappa shape index (κ3) is 4.91. The van der Waals surface area contributed by atoms with E-state index in [1.54, 1.807) is 0 Å². The van der Waals surface area contributed by atoms with Crippen LogP contribution in [0, 0.1) is 0 Å². The van der Waals surface area contributed by atoms with Gasteiger partial charge >= 0.3 is 0 Å². The molecule has 0 aliphatic carbocycles. The lowest BCUT2D eigenvalue weighted by molar-refractivity contribution is 0.650. The van der Waals surface area contributed by atoms with E-state index in [0.29, 0.717) is 5.88 Å². The normalized spacial score (nSPS) is 14.6. The highest BCUT2D eigenvalue weighted by Gasteiger charge is 2.20. The van der Waals surface area contributed by atoms with E-state index in [1.807, 2.05) is 51.1 Å². The lowest BCUT2D eigenvalue weighted by atomic mass is 10.1. The van der Waals surface area contributed by atoms with E-state index in [4.69, 9.17) is 11.6 Å². The summed E-state index contributed by atoms with van der Waals surface area (Å²) >= 11 is 5.73. The van der Waals surface area contributed by atoms with Gasteiger partial charge in [0.25, 0.3) is 0 Å². The summed E-state index contributed by atoms with van der Waals surface area (Å²) in [5.41, 5.74) is 1.91. The molecule has 0 radical (unpaired) electrons. The first-order valence-electron chi connectivity index (χ1n) is 6.06. The van der Waals surface area contributed by atoms with Gasteiger partial charge in [-0.25, -0.2) is 4.21 Å². The molecule has 0 amide bonds. The van der Waals surface area contributed by atoms with Crippen LogP contribution in [0.5, 0.6) is 0 Å². The molecule has 2 nitrogen and oxygen atoms in total. The molecule has 1 aromatic carbocycles. The van der Waals surface area contributed by atoms with Crippen molar-refractivity contribution in [3.63, 3.8) is 0 Å². The molecule has 0 N–H and O–H groups in total. The van der Waals surface area contributed by atoms with Crippen LogP contribution in [0.1, 0.15) is 39.2 Å². The zero-order valence-corrected chi connectivity index (χ0v) is 12.7. The molecule has 0 fully saturated rings. The lowest BCUT2D eigenvalue weighted by Gasteiger charge is -2.15. The van der Waals surface area contributed by atoms with Gasteiger partial charge in [0.05, 0.1) is 10.5 Å². The molecule has 1 rings (SSSR count). The molecule has 100 valence electrons.